The van der Waals surface area contributed by atoms with Gasteiger partial charge in [-0.05, 0) is 24.8 Å². The Bertz CT molecular complexity index is 1040. The second-order valence-corrected chi connectivity index (χ2v) is 9.01. The summed E-state index contributed by atoms with van der Waals surface area (Å²) < 4.78 is 0. The van der Waals surface area contributed by atoms with Crippen molar-refractivity contribution in [1.29, 1.82) is 0 Å². The van der Waals surface area contributed by atoms with E-state index >= 15 is 0 Å². The van der Waals surface area contributed by atoms with E-state index in [0.29, 0.717) is 42.5 Å². The Balaban J connectivity index is 2.46. The van der Waals surface area contributed by atoms with Gasteiger partial charge in [-0.1, -0.05) is 57.9 Å². The molecule has 9 heteroatoms. The van der Waals surface area contributed by atoms with E-state index in [1.54, 1.807) is 28.6 Å². The summed E-state index contributed by atoms with van der Waals surface area (Å²) in [5, 5.41) is 17.0. The van der Waals surface area contributed by atoms with E-state index in [0.717, 1.165) is 6.42 Å². The van der Waals surface area contributed by atoms with Crippen molar-refractivity contribution in [2.45, 2.75) is 64.8 Å². The minimum absolute atomic E-state index is 0.116. The number of hydrazine groups is 1. The van der Waals surface area contributed by atoms with Gasteiger partial charge in [0.1, 0.15) is 5.41 Å². The molecule has 3 N–H and O–H groups in total. The predicted octanol–water partition coefficient (Wildman–Crippen LogP) is 3.55. The zero-order valence-electron chi connectivity index (χ0n) is 21.1. The lowest BCUT2D eigenvalue weighted by Gasteiger charge is -2.59. The van der Waals surface area contributed by atoms with Gasteiger partial charge in [-0.25, -0.2) is 4.98 Å². The van der Waals surface area contributed by atoms with E-state index in [9.17, 15) is 19.5 Å². The molecule has 0 unspecified atom stereocenters. The summed E-state index contributed by atoms with van der Waals surface area (Å²) in [7, 11) is 1.52. The fourth-order valence-electron chi connectivity index (χ4n) is 5.65. The van der Waals surface area contributed by atoms with Crippen molar-refractivity contribution >= 4 is 17.8 Å². The molecule has 2 heterocycles. The zero-order chi connectivity index (χ0) is 25.6. The molecule has 1 aliphatic heterocycles. The summed E-state index contributed by atoms with van der Waals surface area (Å²) in [6.07, 6.45) is 6.13. The van der Waals surface area contributed by atoms with Gasteiger partial charge in [0.05, 0.1) is 12.0 Å². The molecule has 0 spiro atoms. The number of nitrogens with one attached hydrogen (secondary N) is 2. The molecule has 190 valence electrons. The van der Waals surface area contributed by atoms with Crippen molar-refractivity contribution in [3.63, 3.8) is 0 Å². The van der Waals surface area contributed by atoms with E-state index in [2.05, 4.69) is 15.3 Å². The van der Waals surface area contributed by atoms with Crippen molar-refractivity contribution in [1.82, 2.24) is 25.3 Å². The summed E-state index contributed by atoms with van der Waals surface area (Å²) in [5.41, 5.74) is -1.35. The Labute approximate surface area is 206 Å². The van der Waals surface area contributed by atoms with Gasteiger partial charge in [-0.15, -0.1) is 0 Å². The molecule has 0 saturated carbocycles. The molecule has 9 nitrogen and oxygen atoms in total. The summed E-state index contributed by atoms with van der Waals surface area (Å²) in [6.45, 7) is 6.32. The van der Waals surface area contributed by atoms with Crippen molar-refractivity contribution in [2.24, 2.45) is 5.41 Å². The monoisotopic (exact) mass is 483 g/mol. The highest BCUT2D eigenvalue weighted by molar-refractivity contribution is 5.97. The molecule has 2 atom stereocenters. The predicted molar refractivity (Wildman–Crippen MR) is 133 cm³/mol. The Morgan fingerprint density at radius 3 is 2.49 bits per heavy atom. The molecule has 35 heavy (non-hydrogen) atoms. The molecule has 0 radical (unpaired) electrons. The van der Waals surface area contributed by atoms with Crippen LogP contribution in [0.3, 0.4) is 0 Å². The smallest absolute Gasteiger partial charge is 0.312 e. The van der Waals surface area contributed by atoms with Crippen LogP contribution < -0.4 is 5.32 Å². The Morgan fingerprint density at radius 1 is 1.17 bits per heavy atom. The number of hydrogen-bond acceptors (Lipinski definition) is 5. The number of carbonyl (C=O) groups is 3. The van der Waals surface area contributed by atoms with Crippen molar-refractivity contribution < 1.29 is 19.5 Å². The van der Waals surface area contributed by atoms with Gasteiger partial charge in [0.25, 0.3) is 0 Å². The van der Waals surface area contributed by atoms with Crippen molar-refractivity contribution in [3.05, 3.63) is 42.4 Å². The molecule has 0 aliphatic carbocycles. The van der Waals surface area contributed by atoms with Crippen molar-refractivity contribution in [3.8, 4) is 11.3 Å². The summed E-state index contributed by atoms with van der Waals surface area (Å²) in [6, 6.07) is 7.31. The summed E-state index contributed by atoms with van der Waals surface area (Å²) in [5.74, 6) is -1.60. The normalized spacial score (nSPS) is 22.7. The second-order valence-electron chi connectivity index (χ2n) is 9.01. The largest absolute Gasteiger partial charge is 0.481 e. The van der Waals surface area contributed by atoms with Gasteiger partial charge in [0, 0.05) is 38.3 Å². The van der Waals surface area contributed by atoms with Crippen LogP contribution in [-0.4, -0.2) is 63.0 Å². The van der Waals surface area contributed by atoms with Crippen LogP contribution in [0.1, 0.15) is 64.9 Å². The van der Waals surface area contributed by atoms with Gasteiger partial charge < -0.3 is 15.4 Å². The summed E-state index contributed by atoms with van der Waals surface area (Å²) >= 11 is 0. The Morgan fingerprint density at radius 2 is 1.91 bits per heavy atom. The highest BCUT2D eigenvalue weighted by atomic mass is 16.4. The number of carbonyl (C=O) groups excluding carboxylic acids is 2. The first kappa shape index (κ1) is 26.4. The average molecular weight is 484 g/mol. The zero-order valence-corrected chi connectivity index (χ0v) is 21.1. The third-order valence-electron chi connectivity index (χ3n) is 7.19. The first-order valence-corrected chi connectivity index (χ1v) is 12.5. The number of hydrogen-bond donors (Lipinski definition) is 3. The van der Waals surface area contributed by atoms with Crippen LogP contribution in [0.15, 0.2) is 36.8 Å². The molecule has 1 aliphatic rings. The van der Waals surface area contributed by atoms with E-state index < -0.39 is 22.8 Å². The number of amides is 2. The van der Waals surface area contributed by atoms with E-state index in [-0.39, 0.29) is 25.4 Å². The van der Waals surface area contributed by atoms with Crippen LogP contribution in [-0.2, 0) is 19.9 Å². The van der Waals surface area contributed by atoms with Gasteiger partial charge in [-0.2, -0.15) is 5.01 Å². The number of imidazole rings is 1. The third-order valence-corrected chi connectivity index (χ3v) is 7.19. The average Bonchev–Trinajstić information content (AvgIpc) is 3.41. The van der Waals surface area contributed by atoms with Crippen LogP contribution in [0.5, 0.6) is 0 Å². The minimum Gasteiger partial charge on any atom is -0.481 e. The van der Waals surface area contributed by atoms with Gasteiger partial charge in [0.15, 0.2) is 5.54 Å². The number of aliphatic carboxylic acids is 1. The molecule has 2 aromatic rings. The van der Waals surface area contributed by atoms with Crippen LogP contribution in [0.4, 0.5) is 0 Å². The highest BCUT2D eigenvalue weighted by Crippen LogP contribution is 2.56. The van der Waals surface area contributed by atoms with E-state index in [1.807, 2.05) is 39.0 Å². The second kappa shape index (κ2) is 11.0. The van der Waals surface area contributed by atoms with Crippen LogP contribution in [0.2, 0.25) is 0 Å². The fourth-order valence-corrected chi connectivity index (χ4v) is 5.65. The third kappa shape index (κ3) is 4.22. The topological polar surface area (TPSA) is 119 Å². The fraction of sp³-hybridized carbons (Fsp3) is 0.538. The molecular formula is C26H37N5O4. The number of carboxylic acids is 1. The molecule has 1 saturated heterocycles. The quantitative estimate of drug-likeness (QED) is 0.476. The minimum atomic E-state index is -1.67. The first-order chi connectivity index (χ1) is 16.8. The molecule has 1 fully saturated rings. The van der Waals surface area contributed by atoms with Crippen LogP contribution in [0, 0.1) is 5.41 Å². The number of aromatic nitrogens is 2. The first-order valence-electron chi connectivity index (χ1n) is 12.5. The van der Waals surface area contributed by atoms with E-state index in [4.69, 9.17) is 0 Å². The number of benzene rings is 1. The summed E-state index contributed by atoms with van der Waals surface area (Å²) in [4.78, 5) is 48.2. The Hall–Kier alpha value is -3.20. The number of carboxylic acid groups (broad SMARTS) is 1. The molecule has 1 aromatic heterocycles. The standard InChI is InChI=1S/C26H37N5O4/c1-5-8-14-25(24(34)35)15-16-30(22(32)11-6-2)31(7-3)26(25,23(33)27-4)20-13-10-9-12-19(20)21-17-28-18-29-21/h9-10,12-13,17-18H,5-8,11,14-16H2,1-4H3,(H,27,33)(H,28,29)(H,34,35)/t25-,26-/m1/s1. The molecule has 3 rings (SSSR count). The maximum atomic E-state index is 14.2. The SMILES string of the molecule is CCCC[C@]1(C(=O)O)CCN(C(=O)CCC)N(CC)[C@@]1(C(=O)NC)c1ccccc1-c1c[nH]cn1. The Kier molecular flexibility index (Phi) is 8.32. The van der Waals surface area contributed by atoms with Gasteiger partial charge in [0.2, 0.25) is 11.8 Å². The maximum absolute atomic E-state index is 14.2. The molecule has 1 aromatic carbocycles. The maximum Gasteiger partial charge on any atom is 0.312 e. The number of unbranched alkanes of at least 4 members (excludes halogenated alkanes) is 1. The highest BCUT2D eigenvalue weighted by Gasteiger charge is 2.68. The number of rotatable bonds is 10. The lowest BCUT2D eigenvalue weighted by molar-refractivity contribution is -0.221. The van der Waals surface area contributed by atoms with Crippen LogP contribution in [0.25, 0.3) is 11.3 Å². The molecule has 0 bridgehead atoms. The number of aromatic amines is 1. The van der Waals surface area contributed by atoms with Crippen LogP contribution >= 0.6 is 0 Å². The molecule has 2 amide bonds. The van der Waals surface area contributed by atoms with Gasteiger partial charge in [-0.3, -0.25) is 19.4 Å². The van der Waals surface area contributed by atoms with Gasteiger partial charge >= 0.3 is 5.97 Å². The molecular weight excluding hydrogens is 446 g/mol. The lowest BCUT2D eigenvalue weighted by atomic mass is 9.58. The number of H-pyrrole nitrogens is 1. The lowest BCUT2D eigenvalue weighted by Crippen LogP contribution is -2.75. The van der Waals surface area contributed by atoms with E-state index in [1.165, 1.54) is 7.05 Å². The van der Waals surface area contributed by atoms with Crippen molar-refractivity contribution in [2.75, 3.05) is 20.1 Å². The number of nitrogens with zero attached hydrogens (tertiary/aromatic N) is 3. The number of likely N-dealkylation sites (N-methyl/N-ethyl adjacent to an activating group) is 2.